The lowest BCUT2D eigenvalue weighted by Crippen LogP contribution is -2.44. The molecule has 0 aromatic heterocycles. The van der Waals surface area contributed by atoms with Crippen molar-refractivity contribution >= 4 is 69.1 Å². The van der Waals surface area contributed by atoms with E-state index in [4.69, 9.17) is 18.9 Å². The molecule has 10 nitrogen and oxygen atoms in total. The topological polar surface area (TPSA) is 112 Å². The molecule has 4 unspecified atom stereocenters. The zero-order valence-electron chi connectivity index (χ0n) is 26.6. The molecule has 0 N–H and O–H groups in total. The maximum Gasteiger partial charge on any atom is 0.325 e. The SMILES string of the molecule is CCOC(=O)C(CC(c1ccccc1)N1C(C(=O)OC)C(c2ccc(I)cc2)N(CC(=O)OC)C1c1ccc(I)cc1)C(=O)OCC. The Balaban J connectivity index is 2.03. The first-order valence-electron chi connectivity index (χ1n) is 15.2. The summed E-state index contributed by atoms with van der Waals surface area (Å²) in [4.78, 5) is 57.8. The van der Waals surface area contributed by atoms with E-state index in [9.17, 15) is 19.2 Å². The van der Waals surface area contributed by atoms with Crippen LogP contribution < -0.4 is 0 Å². The molecule has 0 aliphatic carbocycles. The van der Waals surface area contributed by atoms with Gasteiger partial charge in [-0.05, 0) is 106 Å². The summed E-state index contributed by atoms with van der Waals surface area (Å²) in [6.45, 7) is 3.34. The van der Waals surface area contributed by atoms with E-state index in [0.29, 0.717) is 0 Å². The van der Waals surface area contributed by atoms with E-state index in [1.54, 1.807) is 13.8 Å². The Morgan fingerprint density at radius 1 is 0.745 bits per heavy atom. The maximum atomic E-state index is 14.1. The molecule has 0 bridgehead atoms. The lowest BCUT2D eigenvalue weighted by atomic mass is 9.90. The number of carbonyl (C=O) groups excluding carboxylic acids is 4. The van der Waals surface area contributed by atoms with Crippen LogP contribution in [0.3, 0.4) is 0 Å². The van der Waals surface area contributed by atoms with Crippen molar-refractivity contribution in [1.82, 2.24) is 9.80 Å². The normalized spacial score (nSPS) is 18.8. The van der Waals surface area contributed by atoms with Crippen LogP contribution in [-0.4, -0.2) is 73.7 Å². The number of carbonyl (C=O) groups is 4. The molecule has 1 aliphatic rings. The molecular weight excluding hydrogens is 830 g/mol. The monoisotopic (exact) mass is 868 g/mol. The Kier molecular flexibility index (Phi) is 13.6. The van der Waals surface area contributed by atoms with Crippen molar-refractivity contribution in [2.24, 2.45) is 5.92 Å². The van der Waals surface area contributed by atoms with Crippen LogP contribution in [0.15, 0.2) is 78.9 Å². The number of ether oxygens (including phenoxy) is 4. The predicted molar refractivity (Wildman–Crippen MR) is 191 cm³/mol. The van der Waals surface area contributed by atoms with Crippen LogP contribution in [0, 0.1) is 13.1 Å². The zero-order chi connectivity index (χ0) is 34.1. The lowest BCUT2D eigenvalue weighted by Gasteiger charge is -2.38. The van der Waals surface area contributed by atoms with Crippen molar-refractivity contribution < 1.29 is 38.1 Å². The van der Waals surface area contributed by atoms with E-state index in [-0.39, 0.29) is 26.2 Å². The molecule has 12 heteroatoms. The second-order valence-corrected chi connectivity index (χ2v) is 13.3. The molecular formula is C35H38I2N2O8. The fourth-order valence-electron chi connectivity index (χ4n) is 6.09. The van der Waals surface area contributed by atoms with Gasteiger partial charge in [0.05, 0.1) is 46.2 Å². The van der Waals surface area contributed by atoms with Gasteiger partial charge in [-0.1, -0.05) is 54.6 Å². The largest absolute Gasteiger partial charge is 0.468 e. The fraction of sp³-hybridized carbons (Fsp3) is 0.371. The highest BCUT2D eigenvalue weighted by molar-refractivity contribution is 14.1. The van der Waals surface area contributed by atoms with E-state index in [2.05, 4.69) is 45.2 Å². The summed E-state index contributed by atoms with van der Waals surface area (Å²) in [5.74, 6) is -3.75. The first-order valence-corrected chi connectivity index (χ1v) is 17.4. The molecule has 0 spiro atoms. The minimum atomic E-state index is -1.29. The standard InChI is InChI=1S/C35H38I2N2O8/c1-5-46-33(41)27(34(42)47-6-2)20-28(22-10-8-7-9-11-22)39-31(35(43)45-4)30(23-12-16-25(36)17-13-23)38(21-29(40)44-3)32(39)24-14-18-26(37)19-15-24/h7-19,27-28,30-32H,5-6,20-21H2,1-4H3. The van der Waals surface area contributed by atoms with Gasteiger partial charge >= 0.3 is 23.9 Å². The molecule has 3 aromatic carbocycles. The Morgan fingerprint density at radius 2 is 1.28 bits per heavy atom. The summed E-state index contributed by atoms with van der Waals surface area (Å²) in [5, 5.41) is 0. The molecule has 47 heavy (non-hydrogen) atoms. The van der Waals surface area contributed by atoms with E-state index in [1.807, 2.05) is 88.7 Å². The van der Waals surface area contributed by atoms with Crippen LogP contribution in [0.5, 0.6) is 0 Å². The summed E-state index contributed by atoms with van der Waals surface area (Å²) in [6.07, 6.45) is -0.767. The number of benzene rings is 3. The van der Waals surface area contributed by atoms with Gasteiger partial charge in [0, 0.05) is 13.2 Å². The van der Waals surface area contributed by atoms with Crippen LogP contribution >= 0.6 is 45.2 Å². The number of nitrogens with zero attached hydrogens (tertiary/aromatic N) is 2. The quantitative estimate of drug-likeness (QED) is 0.0900. The van der Waals surface area contributed by atoms with E-state index >= 15 is 0 Å². The summed E-state index contributed by atoms with van der Waals surface area (Å²) in [6, 6.07) is 22.5. The highest BCUT2D eigenvalue weighted by atomic mass is 127. The molecule has 3 aromatic rings. The summed E-state index contributed by atoms with van der Waals surface area (Å²) < 4.78 is 23.4. The van der Waals surface area contributed by atoms with Crippen LogP contribution in [0.2, 0.25) is 0 Å². The Bertz CT molecular complexity index is 1500. The molecule has 1 aliphatic heterocycles. The highest BCUT2D eigenvalue weighted by Gasteiger charge is 2.56. The van der Waals surface area contributed by atoms with Crippen molar-refractivity contribution in [3.05, 3.63) is 103 Å². The van der Waals surface area contributed by atoms with Gasteiger partial charge in [-0.2, -0.15) is 0 Å². The molecule has 0 saturated carbocycles. The molecule has 0 amide bonds. The third-order valence-corrected chi connectivity index (χ3v) is 9.52. The van der Waals surface area contributed by atoms with E-state index in [0.717, 1.165) is 23.8 Å². The second-order valence-electron chi connectivity index (χ2n) is 10.8. The van der Waals surface area contributed by atoms with E-state index < -0.39 is 54.1 Å². The van der Waals surface area contributed by atoms with Gasteiger partial charge in [0.2, 0.25) is 0 Å². The van der Waals surface area contributed by atoms with Gasteiger partial charge in [-0.15, -0.1) is 0 Å². The van der Waals surface area contributed by atoms with Crippen molar-refractivity contribution in [2.75, 3.05) is 34.0 Å². The lowest BCUT2D eigenvalue weighted by molar-refractivity contribution is -0.163. The molecule has 4 rings (SSSR count). The van der Waals surface area contributed by atoms with E-state index in [1.165, 1.54) is 14.2 Å². The van der Waals surface area contributed by atoms with Crippen LogP contribution in [0.25, 0.3) is 0 Å². The molecule has 0 radical (unpaired) electrons. The van der Waals surface area contributed by atoms with Crippen molar-refractivity contribution in [2.45, 2.75) is 44.6 Å². The van der Waals surface area contributed by atoms with Gasteiger partial charge in [-0.3, -0.25) is 29.0 Å². The van der Waals surface area contributed by atoms with Crippen LogP contribution in [0.4, 0.5) is 0 Å². The zero-order valence-corrected chi connectivity index (χ0v) is 31.0. The molecule has 250 valence electrons. The van der Waals surface area contributed by atoms with Gasteiger partial charge in [0.15, 0.2) is 5.92 Å². The number of esters is 4. The highest BCUT2D eigenvalue weighted by Crippen LogP contribution is 2.51. The van der Waals surface area contributed by atoms with Gasteiger partial charge in [-0.25, -0.2) is 0 Å². The van der Waals surface area contributed by atoms with Gasteiger partial charge < -0.3 is 18.9 Å². The number of hydrogen-bond acceptors (Lipinski definition) is 10. The Labute approximate surface area is 302 Å². The number of hydrogen-bond donors (Lipinski definition) is 0. The smallest absolute Gasteiger partial charge is 0.325 e. The van der Waals surface area contributed by atoms with Gasteiger partial charge in [0.25, 0.3) is 0 Å². The number of methoxy groups -OCH3 is 2. The number of halogens is 2. The van der Waals surface area contributed by atoms with Crippen LogP contribution in [-0.2, 0) is 38.1 Å². The third kappa shape index (κ3) is 8.69. The minimum Gasteiger partial charge on any atom is -0.468 e. The maximum absolute atomic E-state index is 14.1. The van der Waals surface area contributed by atoms with Crippen molar-refractivity contribution in [3.8, 4) is 0 Å². The van der Waals surface area contributed by atoms with Crippen molar-refractivity contribution in [3.63, 3.8) is 0 Å². The summed E-state index contributed by atoms with van der Waals surface area (Å²) in [7, 11) is 2.65. The first-order chi connectivity index (χ1) is 22.6. The minimum absolute atomic E-state index is 0.0679. The summed E-state index contributed by atoms with van der Waals surface area (Å²) >= 11 is 4.44. The molecule has 4 atom stereocenters. The predicted octanol–water partition coefficient (Wildman–Crippen LogP) is 5.84. The fourth-order valence-corrected chi connectivity index (χ4v) is 6.81. The Hall–Kier alpha value is -3.08. The van der Waals surface area contributed by atoms with Crippen LogP contribution in [0.1, 0.15) is 55.2 Å². The summed E-state index contributed by atoms with van der Waals surface area (Å²) in [5.41, 5.74) is 2.32. The average Bonchev–Trinajstić information content (AvgIpc) is 3.39. The van der Waals surface area contributed by atoms with Gasteiger partial charge in [0.1, 0.15) is 6.04 Å². The molecule has 1 heterocycles. The average molecular weight is 869 g/mol. The second kappa shape index (κ2) is 17.4. The number of rotatable bonds is 13. The first kappa shape index (κ1) is 36.8. The van der Waals surface area contributed by atoms with Crippen molar-refractivity contribution in [1.29, 1.82) is 0 Å². The third-order valence-electron chi connectivity index (χ3n) is 8.08. The molecule has 1 saturated heterocycles. The molecule has 1 fully saturated rings. The Morgan fingerprint density at radius 3 is 1.77 bits per heavy atom.